The van der Waals surface area contributed by atoms with E-state index in [1.165, 1.54) is 18.3 Å². The van der Waals surface area contributed by atoms with E-state index >= 15 is 0 Å². The van der Waals surface area contributed by atoms with Gasteiger partial charge in [0.25, 0.3) is 0 Å². The highest BCUT2D eigenvalue weighted by Gasteiger charge is 2.38. The summed E-state index contributed by atoms with van der Waals surface area (Å²) >= 11 is 12.4. The third-order valence-electron chi connectivity index (χ3n) is 12.2. The van der Waals surface area contributed by atoms with E-state index in [0.717, 1.165) is 28.2 Å². The Morgan fingerprint density at radius 3 is 1.36 bits per heavy atom. The monoisotopic (exact) mass is 953 g/mol. The molecule has 0 saturated carbocycles. The molecule has 0 spiro atoms. The number of imidazole rings is 2. The van der Waals surface area contributed by atoms with Crippen LogP contribution in [0.5, 0.6) is 0 Å². The second-order valence-electron chi connectivity index (χ2n) is 16.4. The first-order valence-electron chi connectivity index (χ1n) is 21.4. The number of rotatable bonds is 10. The van der Waals surface area contributed by atoms with E-state index < -0.39 is 11.2 Å². The van der Waals surface area contributed by atoms with Crippen molar-refractivity contribution in [3.05, 3.63) is 246 Å². The number of carbonyl (C=O) groups excluding carboxylic acids is 1. The van der Waals surface area contributed by atoms with Gasteiger partial charge in [0.1, 0.15) is 6.29 Å². The van der Waals surface area contributed by atoms with E-state index in [1.807, 2.05) is 50.5 Å². The lowest BCUT2D eigenvalue weighted by Gasteiger charge is -2.30. The maximum Gasteiger partial charge on any atom is 0.249 e. The lowest BCUT2D eigenvalue weighted by molar-refractivity contribution is 0.111. The van der Waals surface area contributed by atoms with Gasteiger partial charge in [0, 0.05) is 63.6 Å². The largest absolute Gasteiger partial charge is 0.411 e. The minimum Gasteiger partial charge on any atom is -0.411 e. The molecular formula is C54H41Cl2N7O6. The van der Waals surface area contributed by atoms with Gasteiger partial charge in [-0.05, 0) is 98.6 Å². The molecule has 10 aromatic rings. The Balaban J connectivity index is 0.000000172. The second kappa shape index (κ2) is 18.8. The zero-order valence-corrected chi connectivity index (χ0v) is 38.4. The summed E-state index contributed by atoms with van der Waals surface area (Å²) in [5, 5.41) is 39.1. The van der Waals surface area contributed by atoms with Gasteiger partial charge in [-0.1, -0.05) is 113 Å². The number of hydrogen-bond donors (Lipinski definition) is 5. The van der Waals surface area contributed by atoms with Crippen molar-refractivity contribution in [3.8, 4) is 22.3 Å². The normalized spacial score (nSPS) is 13.2. The molecule has 13 nitrogen and oxygen atoms in total. The number of aromatic nitrogens is 6. The molecule has 6 aromatic carbocycles. The van der Waals surface area contributed by atoms with Gasteiger partial charge < -0.3 is 34.5 Å². The standard InChI is InChI=1S/C27H21ClN4O3.C27H20ClN3O3/c1-32-16-29-15-25(32)27(34,19-7-5-17(6-8-19)14-30-35)20-9-10-24-23(12-20)22(13-26(33)31-24)18-3-2-4-21(28)11-18;1-31-16-29-14-25(31)27(34,19-7-5-17(15-32)6-8-19)20-9-10-24-23(12-20)22(13-26(33)30-24)18-3-2-4-21(28)11-18/h2-16,34-35H,1H3,(H,31,33);2-16,34H,1H3,(H,30,33)/b30-14+;. The molecule has 69 heavy (non-hydrogen) atoms. The van der Waals surface area contributed by atoms with Gasteiger partial charge in [0.15, 0.2) is 11.2 Å². The van der Waals surface area contributed by atoms with Crippen LogP contribution in [0.4, 0.5) is 0 Å². The number of aldehydes is 1. The average molecular weight is 955 g/mol. The molecule has 0 amide bonds. The third-order valence-corrected chi connectivity index (χ3v) is 12.6. The Morgan fingerprint density at radius 2 is 0.986 bits per heavy atom. The molecule has 5 N–H and O–H groups in total. The first kappa shape index (κ1) is 45.9. The number of hydrogen-bond acceptors (Lipinski definition) is 9. The van der Waals surface area contributed by atoms with Crippen molar-refractivity contribution >= 4 is 57.5 Å². The molecule has 0 aliphatic heterocycles. The number of aromatic amines is 2. The lowest BCUT2D eigenvalue weighted by atomic mass is 9.82. The van der Waals surface area contributed by atoms with Crippen LogP contribution in [0.2, 0.25) is 10.0 Å². The first-order chi connectivity index (χ1) is 33.3. The van der Waals surface area contributed by atoms with E-state index in [0.29, 0.717) is 77.0 Å². The molecule has 0 bridgehead atoms. The highest BCUT2D eigenvalue weighted by molar-refractivity contribution is 6.31. The molecule has 0 saturated heterocycles. The number of nitrogens with zero attached hydrogens (tertiary/aromatic N) is 5. The van der Waals surface area contributed by atoms with E-state index in [9.17, 15) is 24.6 Å². The van der Waals surface area contributed by atoms with Gasteiger partial charge >= 0.3 is 0 Å². The topological polar surface area (TPSA) is 191 Å². The Hall–Kier alpha value is -8.20. The first-order valence-corrected chi connectivity index (χ1v) is 22.1. The maximum absolute atomic E-state index is 12.4. The van der Waals surface area contributed by atoms with Crippen molar-refractivity contribution < 1.29 is 20.2 Å². The number of pyridine rings is 2. The van der Waals surface area contributed by atoms with Gasteiger partial charge in [-0.2, -0.15) is 0 Å². The fourth-order valence-corrected chi connectivity index (χ4v) is 9.14. The van der Waals surface area contributed by atoms with Crippen LogP contribution < -0.4 is 11.1 Å². The van der Waals surface area contributed by atoms with Crippen molar-refractivity contribution in [1.82, 2.24) is 29.1 Å². The molecule has 0 aliphatic carbocycles. The number of nitrogens with one attached hydrogen (secondary N) is 2. The Bertz CT molecular complexity index is 3690. The van der Waals surface area contributed by atoms with Gasteiger partial charge in [0.05, 0.1) is 42.7 Å². The van der Waals surface area contributed by atoms with Crippen LogP contribution in [0.1, 0.15) is 49.6 Å². The summed E-state index contributed by atoms with van der Waals surface area (Å²) in [5.41, 5.74) is 5.33. The van der Waals surface area contributed by atoms with Gasteiger partial charge in [0.2, 0.25) is 11.1 Å². The van der Waals surface area contributed by atoms with Gasteiger partial charge in [-0.3, -0.25) is 14.4 Å². The summed E-state index contributed by atoms with van der Waals surface area (Å²) in [6, 6.07) is 42.4. The molecule has 4 heterocycles. The molecule has 342 valence electrons. The quantitative estimate of drug-likeness (QED) is 0.0388. The van der Waals surface area contributed by atoms with E-state index in [1.54, 1.807) is 131 Å². The Kier molecular flexibility index (Phi) is 12.5. The molecule has 4 aromatic heterocycles. The minimum atomic E-state index is -1.57. The fraction of sp³-hybridized carbons (Fsp3) is 0.0741. The second-order valence-corrected chi connectivity index (χ2v) is 17.3. The molecule has 0 aliphatic rings. The van der Waals surface area contributed by atoms with Crippen LogP contribution in [0.15, 0.2) is 185 Å². The van der Waals surface area contributed by atoms with Crippen molar-refractivity contribution in [1.29, 1.82) is 0 Å². The molecule has 2 atom stereocenters. The molecule has 15 heteroatoms. The van der Waals surface area contributed by atoms with Crippen molar-refractivity contribution in [3.63, 3.8) is 0 Å². The van der Waals surface area contributed by atoms with Crippen LogP contribution in [0.25, 0.3) is 44.1 Å². The van der Waals surface area contributed by atoms with Gasteiger partial charge in [-0.15, -0.1) is 0 Å². The Morgan fingerprint density at radius 1 is 0.565 bits per heavy atom. The zero-order valence-electron chi connectivity index (χ0n) is 36.9. The number of fused-ring (bicyclic) bond motifs is 2. The fourth-order valence-electron chi connectivity index (χ4n) is 8.76. The van der Waals surface area contributed by atoms with Crippen LogP contribution in [-0.2, 0) is 25.3 Å². The van der Waals surface area contributed by atoms with Crippen LogP contribution in [0.3, 0.4) is 0 Å². The molecule has 10 rings (SSSR count). The number of aliphatic hydroxyl groups is 2. The van der Waals surface area contributed by atoms with Crippen LogP contribution >= 0.6 is 23.2 Å². The Labute approximate surface area is 403 Å². The van der Waals surface area contributed by atoms with Crippen molar-refractivity contribution in [2.45, 2.75) is 11.2 Å². The van der Waals surface area contributed by atoms with Crippen LogP contribution in [-0.4, -0.2) is 57.0 Å². The summed E-state index contributed by atoms with van der Waals surface area (Å²) in [6.45, 7) is 0. The van der Waals surface area contributed by atoms with Crippen LogP contribution in [0, 0.1) is 0 Å². The zero-order chi connectivity index (χ0) is 48.5. The third kappa shape index (κ3) is 8.79. The van der Waals surface area contributed by atoms with Crippen molar-refractivity contribution in [2.75, 3.05) is 0 Å². The van der Waals surface area contributed by atoms with Gasteiger partial charge in [-0.25, -0.2) is 9.97 Å². The number of halogens is 2. The summed E-state index contributed by atoms with van der Waals surface area (Å²) < 4.78 is 3.51. The predicted molar refractivity (Wildman–Crippen MR) is 268 cm³/mol. The molecule has 2 unspecified atom stereocenters. The summed E-state index contributed by atoms with van der Waals surface area (Å²) in [6.07, 6.45) is 8.56. The smallest absolute Gasteiger partial charge is 0.249 e. The minimum absolute atomic E-state index is 0.233. The summed E-state index contributed by atoms with van der Waals surface area (Å²) in [7, 11) is 3.62. The van der Waals surface area contributed by atoms with Crippen molar-refractivity contribution in [2.24, 2.45) is 19.3 Å². The number of oxime groups is 1. The highest BCUT2D eigenvalue weighted by atomic mass is 35.5. The predicted octanol–water partition coefficient (Wildman–Crippen LogP) is 9.35. The number of H-pyrrole nitrogens is 2. The highest BCUT2D eigenvalue weighted by Crippen LogP contribution is 2.41. The molecule has 0 fully saturated rings. The number of aryl methyl sites for hydroxylation is 2. The molecule has 0 radical (unpaired) electrons. The average Bonchev–Trinajstić information content (AvgIpc) is 4.01. The summed E-state index contributed by atoms with van der Waals surface area (Å²) in [5.74, 6) is 0. The van der Waals surface area contributed by atoms with E-state index in [4.69, 9.17) is 28.4 Å². The molecular weight excluding hydrogens is 914 g/mol. The lowest BCUT2D eigenvalue weighted by Crippen LogP contribution is -2.31. The number of benzene rings is 6. The maximum atomic E-state index is 12.4. The van der Waals surface area contributed by atoms with E-state index in [-0.39, 0.29) is 11.1 Å². The SMILES string of the molecule is Cn1cncc1C(O)(c1ccc(/C=N/O)cc1)c1ccc2[nH]c(=O)cc(-c3cccc(Cl)c3)c2c1.Cn1cncc1C(O)(c1ccc(C=O)cc1)c1ccc2[nH]c(=O)cc(-c3cccc(Cl)c3)c2c1. The number of carbonyl (C=O) groups is 1. The summed E-state index contributed by atoms with van der Waals surface area (Å²) in [4.78, 5) is 50.1. The van der Waals surface area contributed by atoms with E-state index in [2.05, 4.69) is 25.1 Å².